The lowest BCUT2D eigenvalue weighted by atomic mass is 10.1. The molecule has 1 N–H and O–H groups in total. The number of hydrogen-bond acceptors (Lipinski definition) is 4. The van der Waals surface area contributed by atoms with Crippen LogP contribution in [0.15, 0.2) is 53.6 Å². The smallest absolute Gasteiger partial charge is 0.256 e. The van der Waals surface area contributed by atoms with Crippen molar-refractivity contribution in [1.82, 2.24) is 9.55 Å². The molecule has 24 heavy (non-hydrogen) atoms. The Kier molecular flexibility index (Phi) is 4.62. The van der Waals surface area contributed by atoms with E-state index in [0.717, 1.165) is 10.8 Å². The van der Waals surface area contributed by atoms with Gasteiger partial charge in [-0.15, -0.1) is 0 Å². The molecule has 0 aliphatic heterocycles. The maximum Gasteiger partial charge on any atom is 0.256 e. The molecule has 0 unspecified atom stereocenters. The molecular weight excluding hydrogens is 304 g/mol. The predicted molar refractivity (Wildman–Crippen MR) is 93.4 cm³/mol. The summed E-state index contributed by atoms with van der Waals surface area (Å²) in [5.41, 5.74) is 1.17. The van der Waals surface area contributed by atoms with Crippen LogP contribution in [-0.2, 0) is 6.54 Å². The standard InChI is InChI=1S/C19H20N2O3/c1-13-14(2)20-12-21(19(13)23)10-17(22)11-24-18-8-7-15-5-3-4-6-16(15)9-18/h3-9,12,17,22H,10-11H2,1-2H3/t17-/m1/s1. The van der Waals surface area contributed by atoms with Gasteiger partial charge in [-0.2, -0.15) is 0 Å². The maximum absolute atomic E-state index is 12.1. The molecular formula is C19H20N2O3. The van der Waals surface area contributed by atoms with E-state index in [0.29, 0.717) is 17.0 Å². The van der Waals surface area contributed by atoms with E-state index < -0.39 is 6.10 Å². The van der Waals surface area contributed by atoms with Crippen LogP contribution in [0.1, 0.15) is 11.3 Å². The van der Waals surface area contributed by atoms with Crippen LogP contribution in [0.4, 0.5) is 0 Å². The minimum Gasteiger partial charge on any atom is -0.491 e. The van der Waals surface area contributed by atoms with Crippen molar-refractivity contribution in [2.45, 2.75) is 26.5 Å². The van der Waals surface area contributed by atoms with Crippen LogP contribution in [-0.4, -0.2) is 27.4 Å². The number of aryl methyl sites for hydroxylation is 1. The summed E-state index contributed by atoms with van der Waals surface area (Å²) >= 11 is 0. The zero-order valence-corrected chi connectivity index (χ0v) is 13.8. The summed E-state index contributed by atoms with van der Waals surface area (Å²) in [6.07, 6.45) is 0.669. The molecule has 2 aromatic carbocycles. The van der Waals surface area contributed by atoms with E-state index in [1.807, 2.05) is 42.5 Å². The second-order valence-electron chi connectivity index (χ2n) is 5.89. The van der Waals surface area contributed by atoms with Crippen LogP contribution >= 0.6 is 0 Å². The van der Waals surface area contributed by atoms with Gasteiger partial charge in [-0.25, -0.2) is 4.98 Å². The Bertz CT molecular complexity index is 918. The van der Waals surface area contributed by atoms with E-state index in [2.05, 4.69) is 4.98 Å². The normalized spacial score (nSPS) is 12.3. The summed E-state index contributed by atoms with van der Waals surface area (Å²) in [7, 11) is 0. The Morgan fingerprint density at radius 3 is 2.71 bits per heavy atom. The van der Waals surface area contributed by atoms with Crippen molar-refractivity contribution < 1.29 is 9.84 Å². The van der Waals surface area contributed by atoms with Crippen molar-refractivity contribution >= 4 is 10.8 Å². The van der Waals surface area contributed by atoms with Gasteiger partial charge >= 0.3 is 0 Å². The Morgan fingerprint density at radius 2 is 1.92 bits per heavy atom. The van der Waals surface area contributed by atoms with Crippen LogP contribution in [0, 0.1) is 13.8 Å². The molecule has 1 aromatic heterocycles. The molecule has 124 valence electrons. The number of nitrogens with zero attached hydrogens (tertiary/aromatic N) is 2. The summed E-state index contributed by atoms with van der Waals surface area (Å²) in [5.74, 6) is 0.693. The van der Waals surface area contributed by atoms with Gasteiger partial charge in [0.05, 0.1) is 12.9 Å². The van der Waals surface area contributed by atoms with E-state index in [9.17, 15) is 9.90 Å². The van der Waals surface area contributed by atoms with Gasteiger partial charge in [0.1, 0.15) is 18.5 Å². The number of ether oxygens (including phenoxy) is 1. The van der Waals surface area contributed by atoms with Crippen LogP contribution < -0.4 is 10.3 Å². The van der Waals surface area contributed by atoms with E-state index in [1.54, 1.807) is 13.8 Å². The fourth-order valence-electron chi connectivity index (χ4n) is 2.54. The second-order valence-corrected chi connectivity index (χ2v) is 5.89. The monoisotopic (exact) mass is 324 g/mol. The minimum absolute atomic E-state index is 0.109. The lowest BCUT2D eigenvalue weighted by molar-refractivity contribution is 0.0913. The molecule has 3 rings (SSSR count). The molecule has 0 amide bonds. The number of aromatic nitrogens is 2. The molecule has 0 fully saturated rings. The van der Waals surface area contributed by atoms with Gasteiger partial charge in [-0.05, 0) is 36.8 Å². The van der Waals surface area contributed by atoms with Crippen LogP contribution in [0.5, 0.6) is 5.75 Å². The number of hydrogen-bond donors (Lipinski definition) is 1. The lowest BCUT2D eigenvalue weighted by Gasteiger charge is -2.14. The first-order valence-corrected chi connectivity index (χ1v) is 7.87. The fourth-order valence-corrected chi connectivity index (χ4v) is 2.54. The van der Waals surface area contributed by atoms with Crippen molar-refractivity contribution in [3.63, 3.8) is 0 Å². The molecule has 1 heterocycles. The van der Waals surface area contributed by atoms with Crippen molar-refractivity contribution in [3.8, 4) is 5.75 Å². The van der Waals surface area contributed by atoms with Gasteiger partial charge < -0.3 is 9.84 Å². The summed E-state index contributed by atoms with van der Waals surface area (Å²) < 4.78 is 7.07. The van der Waals surface area contributed by atoms with Crippen molar-refractivity contribution in [2.75, 3.05) is 6.61 Å². The lowest BCUT2D eigenvalue weighted by Crippen LogP contribution is -2.31. The first-order chi connectivity index (χ1) is 11.5. The Balaban J connectivity index is 1.65. The molecule has 0 aliphatic carbocycles. The SMILES string of the molecule is Cc1ncn(C[C@@H](O)COc2ccc3ccccc3c2)c(=O)c1C. The Labute approximate surface area is 140 Å². The third kappa shape index (κ3) is 3.46. The molecule has 3 aromatic rings. The van der Waals surface area contributed by atoms with E-state index in [4.69, 9.17) is 4.74 Å². The second kappa shape index (κ2) is 6.84. The molecule has 0 saturated carbocycles. The molecule has 0 saturated heterocycles. The zero-order valence-electron chi connectivity index (χ0n) is 13.8. The minimum atomic E-state index is -0.793. The highest BCUT2D eigenvalue weighted by Crippen LogP contribution is 2.20. The van der Waals surface area contributed by atoms with Crippen LogP contribution in [0.25, 0.3) is 10.8 Å². The quantitative estimate of drug-likeness (QED) is 0.783. The first-order valence-electron chi connectivity index (χ1n) is 7.87. The third-order valence-corrected chi connectivity index (χ3v) is 4.09. The number of aliphatic hydroxyl groups is 1. The zero-order chi connectivity index (χ0) is 17.1. The van der Waals surface area contributed by atoms with Gasteiger partial charge in [-0.3, -0.25) is 9.36 Å². The molecule has 1 atom stereocenters. The summed E-state index contributed by atoms with van der Waals surface area (Å²) in [4.78, 5) is 16.3. The predicted octanol–water partition coefficient (Wildman–Crippen LogP) is 2.45. The van der Waals surface area contributed by atoms with Gasteiger partial charge in [0.25, 0.3) is 5.56 Å². The van der Waals surface area contributed by atoms with Crippen LogP contribution in [0.2, 0.25) is 0 Å². The third-order valence-electron chi connectivity index (χ3n) is 4.09. The fraction of sp³-hybridized carbons (Fsp3) is 0.263. The van der Waals surface area contributed by atoms with Crippen molar-refractivity contribution in [3.05, 3.63) is 70.4 Å². The summed E-state index contributed by atoms with van der Waals surface area (Å²) in [5, 5.41) is 12.4. The van der Waals surface area contributed by atoms with Gasteiger partial charge in [-0.1, -0.05) is 30.3 Å². The molecule has 0 bridgehead atoms. The molecule has 5 heteroatoms. The van der Waals surface area contributed by atoms with E-state index >= 15 is 0 Å². The first kappa shape index (κ1) is 16.2. The van der Waals surface area contributed by atoms with E-state index in [-0.39, 0.29) is 18.7 Å². The number of benzene rings is 2. The van der Waals surface area contributed by atoms with Crippen LogP contribution in [0.3, 0.4) is 0 Å². The van der Waals surface area contributed by atoms with Gasteiger partial charge in [0.2, 0.25) is 0 Å². The maximum atomic E-state index is 12.1. The molecule has 5 nitrogen and oxygen atoms in total. The number of aliphatic hydroxyl groups excluding tert-OH is 1. The number of fused-ring (bicyclic) bond motifs is 1. The topological polar surface area (TPSA) is 64.3 Å². The average Bonchev–Trinajstić information content (AvgIpc) is 2.60. The Hall–Kier alpha value is -2.66. The van der Waals surface area contributed by atoms with E-state index in [1.165, 1.54) is 10.9 Å². The highest BCUT2D eigenvalue weighted by Gasteiger charge is 2.10. The average molecular weight is 324 g/mol. The Morgan fingerprint density at radius 1 is 1.17 bits per heavy atom. The number of rotatable bonds is 5. The van der Waals surface area contributed by atoms with Crippen molar-refractivity contribution in [2.24, 2.45) is 0 Å². The summed E-state index contributed by atoms with van der Waals surface area (Å²) in [6.45, 7) is 3.79. The highest BCUT2D eigenvalue weighted by atomic mass is 16.5. The largest absolute Gasteiger partial charge is 0.491 e. The molecule has 0 spiro atoms. The van der Waals surface area contributed by atoms with Gasteiger partial charge in [0, 0.05) is 11.3 Å². The van der Waals surface area contributed by atoms with Gasteiger partial charge in [0.15, 0.2) is 0 Å². The summed E-state index contributed by atoms with van der Waals surface area (Å²) in [6, 6.07) is 13.8. The van der Waals surface area contributed by atoms with Crippen molar-refractivity contribution in [1.29, 1.82) is 0 Å². The molecule has 0 radical (unpaired) electrons. The highest BCUT2D eigenvalue weighted by molar-refractivity contribution is 5.83. The molecule has 0 aliphatic rings.